The topological polar surface area (TPSA) is 71.2 Å². The second kappa shape index (κ2) is 8.41. The van der Waals surface area contributed by atoms with E-state index in [1.54, 1.807) is 0 Å². The van der Waals surface area contributed by atoms with Crippen LogP contribution in [0.1, 0.15) is 40.7 Å². The van der Waals surface area contributed by atoms with Crippen molar-refractivity contribution in [3.63, 3.8) is 0 Å². The van der Waals surface area contributed by atoms with Crippen LogP contribution in [0.25, 0.3) is 10.2 Å². The Bertz CT molecular complexity index is 1010. The second-order valence-electron chi connectivity index (χ2n) is 8.02. The van der Waals surface area contributed by atoms with Crippen molar-refractivity contribution in [1.29, 1.82) is 0 Å². The molecule has 3 heterocycles. The van der Waals surface area contributed by atoms with Gasteiger partial charge < -0.3 is 16.0 Å². The summed E-state index contributed by atoms with van der Waals surface area (Å²) in [5.41, 5.74) is 10.1. The van der Waals surface area contributed by atoms with Crippen molar-refractivity contribution in [2.24, 2.45) is 5.92 Å². The summed E-state index contributed by atoms with van der Waals surface area (Å²) >= 11 is 1.36. The van der Waals surface area contributed by atoms with Crippen molar-refractivity contribution >= 4 is 38.8 Å². The smallest absolute Gasteiger partial charge is 0.263 e. The summed E-state index contributed by atoms with van der Waals surface area (Å²) in [5, 5.41) is 3.86. The Kier molecular flexibility index (Phi) is 5.72. The quantitative estimate of drug-likeness (QED) is 0.657. The number of nitrogens with two attached hydrogens (primary N) is 1. The van der Waals surface area contributed by atoms with Gasteiger partial charge in [0, 0.05) is 36.4 Å². The molecule has 5 nitrogen and oxygen atoms in total. The Morgan fingerprint density at radius 2 is 2.07 bits per heavy atom. The zero-order chi connectivity index (χ0) is 20.4. The van der Waals surface area contributed by atoms with Crippen LogP contribution in [0, 0.1) is 12.8 Å². The number of nitrogens with one attached hydrogen (secondary N) is 1. The number of anilines is 2. The molecule has 6 heteroatoms. The van der Waals surface area contributed by atoms with E-state index in [9.17, 15) is 4.79 Å². The van der Waals surface area contributed by atoms with Gasteiger partial charge in [0.15, 0.2) is 0 Å². The van der Waals surface area contributed by atoms with Crippen molar-refractivity contribution in [2.45, 2.75) is 33.1 Å². The summed E-state index contributed by atoms with van der Waals surface area (Å²) in [4.78, 5) is 20.9. The number of rotatable bonds is 5. The lowest BCUT2D eigenvalue weighted by atomic mass is 9.99. The molecule has 0 bridgehead atoms. The number of fused-ring (bicyclic) bond motifs is 1. The molecule has 0 unspecified atom stereocenters. The number of aryl methyl sites for hydroxylation is 1. The fraction of sp³-hybridized carbons (Fsp3) is 0.391. The molecule has 1 aliphatic heterocycles. The maximum absolute atomic E-state index is 12.6. The fourth-order valence-electron chi connectivity index (χ4n) is 3.96. The monoisotopic (exact) mass is 408 g/mol. The Morgan fingerprint density at radius 1 is 1.28 bits per heavy atom. The van der Waals surface area contributed by atoms with Gasteiger partial charge in [0.25, 0.3) is 5.91 Å². The lowest BCUT2D eigenvalue weighted by Crippen LogP contribution is -2.34. The number of carbonyl (C=O) groups is 1. The van der Waals surface area contributed by atoms with E-state index >= 15 is 0 Å². The molecule has 0 spiro atoms. The predicted octanol–water partition coefficient (Wildman–Crippen LogP) is 4.40. The predicted molar refractivity (Wildman–Crippen MR) is 122 cm³/mol. The standard InChI is InChI=1S/C23H28N4OS/c1-15-4-3-13-27(14-15)18-8-6-17(7-9-18)11-12-25-22(28)21-20(24)19-10-5-16(2)26-23(19)29-21/h5-10,15H,3-4,11-14,24H2,1-2H3,(H,25,28)/t15-/m1/s1. The Labute approximate surface area is 175 Å². The van der Waals surface area contributed by atoms with E-state index in [2.05, 4.69) is 46.4 Å². The van der Waals surface area contributed by atoms with E-state index in [1.807, 2.05) is 19.1 Å². The minimum atomic E-state index is -0.123. The number of aromatic nitrogens is 1. The number of piperidine rings is 1. The first-order valence-corrected chi connectivity index (χ1v) is 11.1. The molecule has 1 aliphatic rings. The van der Waals surface area contributed by atoms with Crippen LogP contribution < -0.4 is 16.0 Å². The first-order valence-electron chi connectivity index (χ1n) is 10.3. The first-order chi connectivity index (χ1) is 14.0. The number of amides is 1. The molecule has 152 valence electrons. The van der Waals surface area contributed by atoms with Gasteiger partial charge in [-0.15, -0.1) is 11.3 Å². The highest BCUT2D eigenvalue weighted by atomic mass is 32.1. The summed E-state index contributed by atoms with van der Waals surface area (Å²) in [5.74, 6) is 0.640. The SMILES string of the molecule is Cc1ccc2c(N)c(C(=O)NCCc3ccc(N4CCC[C@@H](C)C4)cc3)sc2n1. The lowest BCUT2D eigenvalue weighted by molar-refractivity contribution is 0.0959. The molecule has 3 aromatic rings. The highest BCUT2D eigenvalue weighted by Crippen LogP contribution is 2.32. The van der Waals surface area contributed by atoms with Gasteiger partial charge in [-0.1, -0.05) is 19.1 Å². The molecule has 2 aromatic heterocycles. The first kappa shape index (κ1) is 19.7. The molecule has 1 aromatic carbocycles. The number of carbonyl (C=O) groups excluding carboxylic acids is 1. The van der Waals surface area contributed by atoms with E-state index in [-0.39, 0.29) is 5.91 Å². The molecule has 1 saturated heterocycles. The molecule has 3 N–H and O–H groups in total. The van der Waals surface area contributed by atoms with Gasteiger partial charge in [-0.05, 0) is 61.9 Å². The third-order valence-electron chi connectivity index (χ3n) is 5.60. The van der Waals surface area contributed by atoms with E-state index in [0.717, 1.165) is 41.3 Å². The largest absolute Gasteiger partial charge is 0.397 e. The molecule has 1 atom stereocenters. The molecule has 0 radical (unpaired) electrons. The van der Waals surface area contributed by atoms with Gasteiger partial charge in [0.1, 0.15) is 9.71 Å². The fourth-order valence-corrected chi connectivity index (χ4v) is 5.01. The van der Waals surface area contributed by atoms with Crippen molar-refractivity contribution in [2.75, 3.05) is 30.3 Å². The highest BCUT2D eigenvalue weighted by molar-refractivity contribution is 7.21. The van der Waals surface area contributed by atoms with Crippen LogP contribution >= 0.6 is 11.3 Å². The molecule has 29 heavy (non-hydrogen) atoms. The van der Waals surface area contributed by atoms with E-state index in [4.69, 9.17) is 5.73 Å². The van der Waals surface area contributed by atoms with Crippen LogP contribution in [-0.4, -0.2) is 30.5 Å². The van der Waals surface area contributed by atoms with Gasteiger partial charge in [0.05, 0.1) is 5.69 Å². The van der Waals surface area contributed by atoms with Crippen LogP contribution in [0.4, 0.5) is 11.4 Å². The number of nitrogen functional groups attached to an aromatic ring is 1. The zero-order valence-corrected chi connectivity index (χ0v) is 17.9. The number of thiophene rings is 1. The summed E-state index contributed by atoms with van der Waals surface area (Å²) < 4.78 is 0. The lowest BCUT2D eigenvalue weighted by Gasteiger charge is -2.32. The van der Waals surface area contributed by atoms with Crippen LogP contribution in [0.15, 0.2) is 36.4 Å². The highest BCUT2D eigenvalue weighted by Gasteiger charge is 2.18. The molecule has 4 rings (SSSR count). The number of hydrogen-bond donors (Lipinski definition) is 2. The number of nitrogens with zero attached hydrogens (tertiary/aromatic N) is 2. The van der Waals surface area contributed by atoms with Crippen LogP contribution in [0.5, 0.6) is 0 Å². The van der Waals surface area contributed by atoms with Gasteiger partial charge in [-0.3, -0.25) is 4.79 Å². The second-order valence-corrected chi connectivity index (χ2v) is 9.02. The van der Waals surface area contributed by atoms with Gasteiger partial charge in [-0.2, -0.15) is 0 Å². The summed E-state index contributed by atoms with van der Waals surface area (Å²) in [6, 6.07) is 12.6. The van der Waals surface area contributed by atoms with Crippen molar-refractivity contribution in [3.05, 3.63) is 52.5 Å². The average molecular weight is 409 g/mol. The minimum absolute atomic E-state index is 0.123. The minimum Gasteiger partial charge on any atom is -0.397 e. The van der Waals surface area contributed by atoms with Crippen LogP contribution in [-0.2, 0) is 6.42 Å². The molecular formula is C23H28N4OS. The van der Waals surface area contributed by atoms with Crippen LogP contribution in [0.2, 0.25) is 0 Å². The van der Waals surface area contributed by atoms with Gasteiger partial charge in [-0.25, -0.2) is 4.98 Å². The number of benzene rings is 1. The number of hydrogen-bond acceptors (Lipinski definition) is 5. The van der Waals surface area contributed by atoms with E-state index in [1.165, 1.54) is 35.4 Å². The zero-order valence-electron chi connectivity index (χ0n) is 17.1. The van der Waals surface area contributed by atoms with Crippen LogP contribution in [0.3, 0.4) is 0 Å². The summed E-state index contributed by atoms with van der Waals surface area (Å²) in [6.07, 6.45) is 3.39. The molecule has 1 fully saturated rings. The maximum atomic E-state index is 12.6. The third-order valence-corrected chi connectivity index (χ3v) is 6.71. The molecule has 0 saturated carbocycles. The molecular weight excluding hydrogens is 380 g/mol. The van der Waals surface area contributed by atoms with Crippen molar-refractivity contribution < 1.29 is 4.79 Å². The third kappa shape index (κ3) is 4.37. The normalized spacial score (nSPS) is 16.9. The van der Waals surface area contributed by atoms with E-state index in [0.29, 0.717) is 17.1 Å². The Balaban J connectivity index is 1.34. The van der Waals surface area contributed by atoms with Crippen molar-refractivity contribution in [3.8, 4) is 0 Å². The average Bonchev–Trinajstić information content (AvgIpc) is 3.04. The summed E-state index contributed by atoms with van der Waals surface area (Å²) in [7, 11) is 0. The summed E-state index contributed by atoms with van der Waals surface area (Å²) in [6.45, 7) is 7.13. The maximum Gasteiger partial charge on any atom is 0.263 e. The molecule has 1 amide bonds. The molecule has 0 aliphatic carbocycles. The Hall–Kier alpha value is -2.60. The van der Waals surface area contributed by atoms with Crippen molar-refractivity contribution in [1.82, 2.24) is 10.3 Å². The van der Waals surface area contributed by atoms with E-state index < -0.39 is 0 Å². The Morgan fingerprint density at radius 3 is 2.83 bits per heavy atom. The van der Waals surface area contributed by atoms with Gasteiger partial charge in [0.2, 0.25) is 0 Å². The van der Waals surface area contributed by atoms with Gasteiger partial charge >= 0.3 is 0 Å². The number of pyridine rings is 1.